The maximum Gasteiger partial charge on any atom is 0.282 e. The molecular weight excluding hydrogens is 424 g/mol. The minimum atomic E-state index is -4.06. The van der Waals surface area contributed by atoms with Gasteiger partial charge in [-0.1, -0.05) is 55.8 Å². The number of aryl methyl sites for hydroxylation is 2. The fourth-order valence-corrected chi connectivity index (χ4v) is 4.18. The van der Waals surface area contributed by atoms with Crippen molar-refractivity contribution in [2.75, 3.05) is 0 Å². The van der Waals surface area contributed by atoms with Gasteiger partial charge in [-0.15, -0.1) is 5.10 Å². The predicted molar refractivity (Wildman–Crippen MR) is 120 cm³/mol. The zero-order valence-electron chi connectivity index (χ0n) is 17.8. The molecule has 162 valence electrons. The van der Waals surface area contributed by atoms with E-state index in [0.717, 1.165) is 34.4 Å². The van der Waals surface area contributed by atoms with Crippen molar-refractivity contribution in [2.45, 2.75) is 38.3 Å². The normalized spacial score (nSPS) is 11.6. The van der Waals surface area contributed by atoms with Crippen molar-refractivity contribution in [3.05, 3.63) is 76.7 Å². The summed E-state index contributed by atoms with van der Waals surface area (Å²) in [4.78, 5) is 8.88. The van der Waals surface area contributed by atoms with E-state index in [1.165, 1.54) is 4.52 Å². The molecule has 0 aliphatic heterocycles. The Morgan fingerprint density at radius 2 is 1.88 bits per heavy atom. The second-order valence-corrected chi connectivity index (χ2v) is 9.00. The molecule has 0 aliphatic rings. The number of fused-ring (bicyclic) bond motifs is 1. The molecule has 0 radical (unpaired) electrons. The lowest BCUT2D eigenvalue weighted by atomic mass is 9.95. The minimum absolute atomic E-state index is 0.413. The van der Waals surface area contributed by atoms with Crippen LogP contribution in [0.1, 0.15) is 41.6 Å². The number of nitrogens with zero attached hydrogens (tertiary/aromatic N) is 5. The summed E-state index contributed by atoms with van der Waals surface area (Å²) >= 11 is 0. The van der Waals surface area contributed by atoms with Gasteiger partial charge in [0.05, 0.1) is 11.6 Å². The van der Waals surface area contributed by atoms with Gasteiger partial charge >= 0.3 is 0 Å². The number of rotatable bonds is 6. The first-order valence-electron chi connectivity index (χ1n) is 10.2. The van der Waals surface area contributed by atoms with Crippen LogP contribution in [0, 0.1) is 18.3 Å². The van der Waals surface area contributed by atoms with Crippen molar-refractivity contribution in [3.8, 4) is 17.2 Å². The van der Waals surface area contributed by atoms with Crippen LogP contribution in [0.2, 0.25) is 0 Å². The number of hydrogen-bond donors (Lipinski definition) is 1. The van der Waals surface area contributed by atoms with Crippen molar-refractivity contribution in [1.82, 2.24) is 19.6 Å². The van der Waals surface area contributed by atoms with E-state index < -0.39 is 15.2 Å². The van der Waals surface area contributed by atoms with Gasteiger partial charge in [-0.05, 0) is 36.1 Å². The molecule has 2 aromatic carbocycles. The van der Waals surface area contributed by atoms with Crippen LogP contribution in [0.4, 0.5) is 0 Å². The third-order valence-electron chi connectivity index (χ3n) is 5.22. The highest BCUT2D eigenvalue weighted by Gasteiger charge is 2.21. The van der Waals surface area contributed by atoms with Gasteiger partial charge in [-0.2, -0.15) is 14.8 Å². The molecule has 4 aromatic rings. The molecule has 32 heavy (non-hydrogen) atoms. The Balaban J connectivity index is 1.85. The Morgan fingerprint density at radius 3 is 2.53 bits per heavy atom. The molecule has 9 heteroatoms. The van der Waals surface area contributed by atoms with Gasteiger partial charge < -0.3 is 0 Å². The van der Waals surface area contributed by atoms with Gasteiger partial charge in [0.1, 0.15) is 5.82 Å². The van der Waals surface area contributed by atoms with Crippen LogP contribution in [-0.4, -0.2) is 28.0 Å². The van der Waals surface area contributed by atoms with E-state index in [4.69, 9.17) is 5.14 Å². The van der Waals surface area contributed by atoms with Crippen molar-refractivity contribution >= 4 is 15.7 Å². The standard InChI is InChI=1S/C23H22N6O2S/c1-3-7-21-20(22-27-23(32(25,30)31)28-29(22)15(2)26-21)13-16-10-11-19(18(12-16)14-24)17-8-5-4-6-9-17/h4-6,8-12H,3,7,13H2,1-2H3,(H2,25,30,31). The van der Waals surface area contributed by atoms with Crippen LogP contribution in [-0.2, 0) is 22.9 Å². The summed E-state index contributed by atoms with van der Waals surface area (Å²) in [5.74, 6) is 0.534. The molecular formula is C23H22N6O2S. The van der Waals surface area contributed by atoms with Crippen LogP contribution in [0.3, 0.4) is 0 Å². The largest absolute Gasteiger partial charge is 0.282 e. The molecule has 0 bridgehead atoms. The lowest BCUT2D eigenvalue weighted by Crippen LogP contribution is -2.14. The summed E-state index contributed by atoms with van der Waals surface area (Å²) in [5.41, 5.74) is 5.30. The van der Waals surface area contributed by atoms with Crippen LogP contribution >= 0.6 is 0 Å². The van der Waals surface area contributed by atoms with E-state index in [1.807, 2.05) is 55.5 Å². The summed E-state index contributed by atoms with van der Waals surface area (Å²) in [6.45, 7) is 3.80. The molecule has 8 nitrogen and oxygen atoms in total. The molecule has 2 aromatic heterocycles. The molecule has 0 atom stereocenters. The van der Waals surface area contributed by atoms with Crippen LogP contribution in [0.5, 0.6) is 0 Å². The Hall–Kier alpha value is -3.61. The zero-order valence-corrected chi connectivity index (χ0v) is 18.6. The zero-order chi connectivity index (χ0) is 22.9. The molecule has 2 N–H and O–H groups in total. The monoisotopic (exact) mass is 446 g/mol. The second kappa shape index (κ2) is 8.49. The number of hydrogen-bond acceptors (Lipinski definition) is 6. The average molecular weight is 447 g/mol. The van der Waals surface area contributed by atoms with E-state index >= 15 is 0 Å². The summed E-state index contributed by atoms with van der Waals surface area (Å²) in [6.07, 6.45) is 2.00. The molecule has 0 amide bonds. The van der Waals surface area contributed by atoms with Crippen molar-refractivity contribution < 1.29 is 8.42 Å². The molecule has 0 aliphatic carbocycles. The number of benzene rings is 2. The molecule has 0 saturated carbocycles. The molecule has 0 unspecified atom stereocenters. The molecule has 0 fully saturated rings. The van der Waals surface area contributed by atoms with Gasteiger partial charge in [-0.25, -0.2) is 18.5 Å². The maximum absolute atomic E-state index is 11.8. The predicted octanol–water partition coefficient (Wildman–Crippen LogP) is 3.16. The molecule has 2 heterocycles. The number of primary sulfonamides is 1. The van der Waals surface area contributed by atoms with Gasteiger partial charge in [0.15, 0.2) is 5.65 Å². The van der Waals surface area contributed by atoms with Crippen LogP contribution < -0.4 is 5.14 Å². The van der Waals surface area contributed by atoms with Crippen molar-refractivity contribution in [2.24, 2.45) is 5.14 Å². The average Bonchev–Trinajstić information content (AvgIpc) is 3.24. The fourth-order valence-electron chi connectivity index (χ4n) is 3.77. The lowest BCUT2D eigenvalue weighted by Gasteiger charge is -2.12. The van der Waals surface area contributed by atoms with E-state index in [2.05, 4.69) is 21.1 Å². The number of nitriles is 1. The number of aromatic nitrogens is 4. The smallest absolute Gasteiger partial charge is 0.238 e. The summed E-state index contributed by atoms with van der Waals surface area (Å²) < 4.78 is 25.1. The number of sulfonamides is 1. The first-order chi connectivity index (χ1) is 15.3. The van der Waals surface area contributed by atoms with Gasteiger partial charge in [0.25, 0.3) is 15.2 Å². The summed E-state index contributed by atoms with van der Waals surface area (Å²) in [7, 11) is -4.06. The quantitative estimate of drug-likeness (QED) is 0.485. The van der Waals surface area contributed by atoms with Gasteiger partial charge in [0, 0.05) is 17.7 Å². The topological polar surface area (TPSA) is 127 Å². The fraction of sp³-hybridized carbons (Fsp3) is 0.217. The van der Waals surface area contributed by atoms with E-state index in [9.17, 15) is 13.7 Å². The van der Waals surface area contributed by atoms with Gasteiger partial charge in [-0.3, -0.25) is 0 Å². The third kappa shape index (κ3) is 4.10. The van der Waals surface area contributed by atoms with E-state index in [1.54, 1.807) is 6.92 Å². The SMILES string of the molecule is CCCc1nc(C)n2nc(S(N)(=O)=O)nc2c1Cc1ccc(-c2ccccc2)c(C#N)c1. The Morgan fingerprint density at radius 1 is 1.12 bits per heavy atom. The second-order valence-electron chi connectivity index (χ2n) is 7.54. The van der Waals surface area contributed by atoms with E-state index in [-0.39, 0.29) is 0 Å². The Kier molecular flexibility index (Phi) is 5.74. The Bertz CT molecular complexity index is 1450. The first kappa shape index (κ1) is 21.6. The van der Waals surface area contributed by atoms with Crippen molar-refractivity contribution in [1.29, 1.82) is 5.26 Å². The number of nitrogens with two attached hydrogens (primary N) is 1. The van der Waals surface area contributed by atoms with Gasteiger partial charge in [0.2, 0.25) is 0 Å². The first-order valence-corrected chi connectivity index (χ1v) is 11.7. The van der Waals surface area contributed by atoms with Crippen LogP contribution in [0.15, 0.2) is 53.7 Å². The molecule has 0 spiro atoms. The lowest BCUT2D eigenvalue weighted by molar-refractivity contribution is 0.588. The van der Waals surface area contributed by atoms with Crippen LogP contribution in [0.25, 0.3) is 16.8 Å². The third-order valence-corrected chi connectivity index (χ3v) is 5.90. The highest BCUT2D eigenvalue weighted by molar-refractivity contribution is 7.89. The summed E-state index contributed by atoms with van der Waals surface area (Å²) in [5, 5.41) is 18.6. The minimum Gasteiger partial charge on any atom is -0.238 e. The highest BCUT2D eigenvalue weighted by atomic mass is 32.2. The van der Waals surface area contributed by atoms with Crippen molar-refractivity contribution in [3.63, 3.8) is 0 Å². The molecule has 0 saturated heterocycles. The highest BCUT2D eigenvalue weighted by Crippen LogP contribution is 2.27. The summed E-state index contributed by atoms with van der Waals surface area (Å²) in [6, 6.07) is 17.8. The maximum atomic E-state index is 11.8. The van der Waals surface area contributed by atoms with E-state index in [0.29, 0.717) is 29.9 Å². The Labute approximate surface area is 186 Å². The molecule has 4 rings (SSSR count).